The van der Waals surface area contributed by atoms with E-state index in [1.54, 1.807) is 0 Å². The van der Waals surface area contributed by atoms with E-state index in [0.717, 1.165) is 0 Å². The summed E-state index contributed by atoms with van der Waals surface area (Å²) < 4.78 is 0. The van der Waals surface area contributed by atoms with Crippen LogP contribution in [0.15, 0.2) is 12.1 Å². The quantitative estimate of drug-likeness (QED) is 0.380. The number of nitrogen functional groups attached to an aromatic ring is 1. The van der Waals surface area contributed by atoms with Gasteiger partial charge >= 0.3 is 0 Å². The molecule has 0 aromatic heterocycles. The minimum atomic E-state index is -0.586. The van der Waals surface area contributed by atoms with E-state index in [1.807, 2.05) is 5.43 Å². The number of benzene rings is 1. The third kappa shape index (κ3) is 1.85. The second-order valence-corrected chi connectivity index (χ2v) is 3.02. The summed E-state index contributed by atoms with van der Waals surface area (Å²) in [6.45, 7) is 0. The van der Waals surface area contributed by atoms with Crippen molar-refractivity contribution in [1.29, 1.82) is 0 Å². The fraction of sp³-hybridized carbons (Fsp3) is 0. The highest BCUT2D eigenvalue weighted by molar-refractivity contribution is 6.39. The average molecular weight is 221 g/mol. The van der Waals surface area contributed by atoms with Crippen LogP contribution in [0.3, 0.4) is 0 Å². The highest BCUT2D eigenvalue weighted by Gasteiger charge is 2.14. The Bertz CT molecular complexity index is 355. The van der Waals surface area contributed by atoms with Gasteiger partial charge in [-0.05, 0) is 12.1 Å². The minimum absolute atomic E-state index is 0.0751. The molecule has 4 nitrogen and oxygen atoms in total. The molecule has 0 aliphatic rings. The maximum Gasteiger partial charge on any atom is 0.266 e. The fourth-order valence-corrected chi connectivity index (χ4v) is 1.25. The third-order valence-corrected chi connectivity index (χ3v) is 2.13. The molecule has 0 radical (unpaired) electrons. The van der Waals surface area contributed by atoms with Gasteiger partial charge in [0.2, 0.25) is 0 Å². The number of carbonyl (C=O) groups excluding carboxylic acids is 1. The van der Waals surface area contributed by atoms with E-state index in [4.69, 9.17) is 29.0 Å². The van der Waals surface area contributed by atoms with Gasteiger partial charge in [0.05, 0.1) is 15.6 Å². The number of hydrazine groups is 1. The van der Waals surface area contributed by atoms with Crippen LogP contribution >= 0.6 is 23.2 Å². The molecule has 0 aliphatic heterocycles. The van der Waals surface area contributed by atoms with Crippen molar-refractivity contribution in [2.75, 3.05) is 0 Å². The van der Waals surface area contributed by atoms with Gasteiger partial charge in [-0.2, -0.15) is 0 Å². The van der Waals surface area contributed by atoms with Crippen LogP contribution in [-0.4, -0.2) is 11.0 Å². The lowest BCUT2D eigenvalue weighted by Crippen LogP contribution is -2.30. The second kappa shape index (κ2) is 3.83. The number of carbonyl (C=O) groups is 1. The van der Waals surface area contributed by atoms with Gasteiger partial charge in [-0.15, -0.1) is 0 Å². The Balaban J connectivity index is 3.26. The number of aromatic hydroxyl groups is 1. The zero-order valence-corrected chi connectivity index (χ0v) is 7.86. The number of rotatable bonds is 1. The lowest BCUT2D eigenvalue weighted by Gasteiger charge is -2.04. The van der Waals surface area contributed by atoms with Crippen LogP contribution < -0.4 is 11.3 Å². The first kappa shape index (κ1) is 10.1. The van der Waals surface area contributed by atoms with Crippen LogP contribution in [0, 0.1) is 0 Å². The number of hydrogen-bond acceptors (Lipinski definition) is 3. The van der Waals surface area contributed by atoms with Gasteiger partial charge in [-0.3, -0.25) is 10.2 Å². The largest absolute Gasteiger partial charge is 0.505 e. The van der Waals surface area contributed by atoms with Gasteiger partial charge in [0.15, 0.2) is 5.75 Å². The minimum Gasteiger partial charge on any atom is -0.505 e. The van der Waals surface area contributed by atoms with Crippen LogP contribution in [0.5, 0.6) is 5.75 Å². The van der Waals surface area contributed by atoms with Crippen molar-refractivity contribution in [3.8, 4) is 5.75 Å². The lowest BCUT2D eigenvalue weighted by atomic mass is 10.2. The molecule has 13 heavy (non-hydrogen) atoms. The number of phenolic OH excluding ortho intramolecular Hbond substituents is 1. The molecule has 1 amide bonds. The molecule has 0 atom stereocenters. The Labute approximate surface area is 84.2 Å². The maximum absolute atomic E-state index is 11.0. The summed E-state index contributed by atoms with van der Waals surface area (Å²) in [5.74, 6) is 3.97. The van der Waals surface area contributed by atoms with Crippen LogP contribution in [0.2, 0.25) is 10.0 Å². The molecule has 4 N–H and O–H groups in total. The van der Waals surface area contributed by atoms with Crippen LogP contribution in [0.4, 0.5) is 0 Å². The summed E-state index contributed by atoms with van der Waals surface area (Å²) in [7, 11) is 0. The van der Waals surface area contributed by atoms with Gasteiger partial charge in [-0.25, -0.2) is 5.84 Å². The van der Waals surface area contributed by atoms with E-state index in [9.17, 15) is 9.90 Å². The number of nitrogens with two attached hydrogens (primary N) is 1. The van der Waals surface area contributed by atoms with Crippen molar-refractivity contribution in [3.05, 3.63) is 27.7 Å². The van der Waals surface area contributed by atoms with E-state index in [-0.39, 0.29) is 21.4 Å². The van der Waals surface area contributed by atoms with E-state index in [2.05, 4.69) is 0 Å². The predicted molar refractivity (Wildman–Crippen MR) is 49.8 cm³/mol. The number of nitrogens with one attached hydrogen (secondary N) is 1. The summed E-state index contributed by atoms with van der Waals surface area (Å²) in [6, 6.07) is 2.72. The van der Waals surface area contributed by atoms with Gasteiger partial charge in [0.25, 0.3) is 5.91 Å². The maximum atomic E-state index is 11.0. The van der Waals surface area contributed by atoms with Crippen LogP contribution in [-0.2, 0) is 0 Å². The molecule has 6 heteroatoms. The molecule has 0 unspecified atom stereocenters. The second-order valence-electron chi connectivity index (χ2n) is 2.23. The van der Waals surface area contributed by atoms with Gasteiger partial charge in [0, 0.05) is 0 Å². The molecule has 0 spiro atoms. The standard InChI is InChI=1S/C7H6Cl2N2O2/c8-4-2-1-3(7(13)11-10)5(9)6(4)12/h1-2,12H,10H2,(H,11,13). The molecule has 0 saturated heterocycles. The SMILES string of the molecule is NNC(=O)c1ccc(Cl)c(O)c1Cl. The first-order valence-electron chi connectivity index (χ1n) is 3.26. The summed E-state index contributed by atoms with van der Waals surface area (Å²) in [5.41, 5.74) is 1.97. The summed E-state index contributed by atoms with van der Waals surface area (Å²) in [5, 5.41) is 9.21. The molecular formula is C7H6Cl2N2O2. The van der Waals surface area contributed by atoms with E-state index < -0.39 is 5.91 Å². The molecule has 1 rings (SSSR count). The van der Waals surface area contributed by atoms with Crippen molar-refractivity contribution < 1.29 is 9.90 Å². The van der Waals surface area contributed by atoms with Crippen LogP contribution in [0.1, 0.15) is 10.4 Å². The third-order valence-electron chi connectivity index (χ3n) is 1.44. The number of amides is 1. The van der Waals surface area contributed by atoms with Crippen LogP contribution in [0.25, 0.3) is 0 Å². The molecule has 1 aromatic carbocycles. The molecule has 0 saturated carbocycles. The Morgan fingerprint density at radius 2 is 2.08 bits per heavy atom. The first-order chi connectivity index (χ1) is 6.07. The summed E-state index contributed by atoms with van der Waals surface area (Å²) in [4.78, 5) is 11.0. The monoisotopic (exact) mass is 220 g/mol. The topological polar surface area (TPSA) is 75.3 Å². The van der Waals surface area contributed by atoms with Gasteiger partial charge in [0.1, 0.15) is 0 Å². The van der Waals surface area contributed by atoms with E-state index in [0.29, 0.717) is 0 Å². The highest BCUT2D eigenvalue weighted by Crippen LogP contribution is 2.33. The van der Waals surface area contributed by atoms with E-state index >= 15 is 0 Å². The lowest BCUT2D eigenvalue weighted by molar-refractivity contribution is 0.0953. The van der Waals surface area contributed by atoms with Crippen molar-refractivity contribution in [2.24, 2.45) is 5.84 Å². The average Bonchev–Trinajstić information content (AvgIpc) is 2.13. The summed E-state index contributed by atoms with van der Waals surface area (Å²) in [6.07, 6.45) is 0. The number of phenols is 1. The fourth-order valence-electron chi connectivity index (χ4n) is 0.794. The smallest absolute Gasteiger partial charge is 0.266 e. The van der Waals surface area contributed by atoms with E-state index in [1.165, 1.54) is 12.1 Å². The molecular weight excluding hydrogens is 215 g/mol. The molecule has 0 bridgehead atoms. The summed E-state index contributed by atoms with van der Waals surface area (Å²) >= 11 is 11.2. The Morgan fingerprint density at radius 3 is 2.62 bits per heavy atom. The van der Waals surface area contributed by atoms with Gasteiger partial charge in [-0.1, -0.05) is 23.2 Å². The normalized spacial score (nSPS) is 9.77. The Morgan fingerprint density at radius 1 is 1.46 bits per heavy atom. The molecule has 0 heterocycles. The number of halogens is 2. The highest BCUT2D eigenvalue weighted by atomic mass is 35.5. The predicted octanol–water partition coefficient (Wildman–Crippen LogP) is 1.30. The van der Waals surface area contributed by atoms with Crippen molar-refractivity contribution >= 4 is 29.1 Å². The molecule has 0 fully saturated rings. The van der Waals surface area contributed by atoms with Crippen molar-refractivity contribution in [3.63, 3.8) is 0 Å². The zero-order valence-electron chi connectivity index (χ0n) is 6.34. The van der Waals surface area contributed by atoms with Gasteiger partial charge < -0.3 is 5.11 Å². The number of hydrogen-bond donors (Lipinski definition) is 3. The Kier molecular flexibility index (Phi) is 2.98. The molecule has 70 valence electrons. The first-order valence-corrected chi connectivity index (χ1v) is 4.01. The molecule has 1 aromatic rings. The van der Waals surface area contributed by atoms with Crippen molar-refractivity contribution in [1.82, 2.24) is 5.43 Å². The Hall–Kier alpha value is -0.970. The van der Waals surface area contributed by atoms with Crippen molar-refractivity contribution in [2.45, 2.75) is 0 Å². The zero-order chi connectivity index (χ0) is 10.0. The molecule has 0 aliphatic carbocycles.